The Kier molecular flexibility index (Phi) is 7.24. The molecule has 3 aromatic heterocycles. The first-order valence-corrected chi connectivity index (χ1v) is 20.2. The number of benzene rings is 8. The van der Waals surface area contributed by atoms with Gasteiger partial charge in [0, 0.05) is 41.9 Å². The third-order valence-electron chi connectivity index (χ3n) is 11.5. The van der Waals surface area contributed by atoms with E-state index in [0.29, 0.717) is 0 Å². The van der Waals surface area contributed by atoms with Crippen molar-refractivity contribution in [1.82, 2.24) is 15.2 Å². The van der Waals surface area contributed by atoms with Crippen LogP contribution in [0.3, 0.4) is 0 Å². The van der Waals surface area contributed by atoms with Crippen LogP contribution in [0.25, 0.3) is 80.7 Å². The minimum absolute atomic E-state index is 0.0988. The first-order valence-electron chi connectivity index (χ1n) is 19.4. The van der Waals surface area contributed by atoms with Crippen molar-refractivity contribution >= 4 is 81.1 Å². The van der Waals surface area contributed by atoms with Crippen molar-refractivity contribution in [1.29, 1.82) is 0 Å². The van der Waals surface area contributed by atoms with Gasteiger partial charge >= 0.3 is 0 Å². The highest BCUT2D eigenvalue weighted by Gasteiger charge is 2.26. The van der Waals surface area contributed by atoms with E-state index < -0.39 is 0 Å². The molecule has 0 aliphatic carbocycles. The quantitative estimate of drug-likeness (QED) is 0.184. The van der Waals surface area contributed by atoms with Crippen molar-refractivity contribution in [3.05, 3.63) is 199 Å². The molecule has 0 radical (unpaired) electrons. The largest absolute Gasteiger partial charge is 0.456 e. The highest BCUT2D eigenvalue weighted by atomic mass is 32.1. The molecule has 11 aromatic rings. The summed E-state index contributed by atoms with van der Waals surface area (Å²) in [5.74, 6) is 0.874. The fraction of sp³-hybridized carbons (Fsp3) is 0.0392. The van der Waals surface area contributed by atoms with Gasteiger partial charge in [0.1, 0.15) is 29.3 Å². The number of aromatic nitrogens is 1. The second kappa shape index (κ2) is 12.8. The van der Waals surface area contributed by atoms with E-state index in [1.165, 1.54) is 53.1 Å². The van der Waals surface area contributed by atoms with Crippen molar-refractivity contribution < 1.29 is 4.42 Å². The number of hydrogen-bond donors (Lipinski definition) is 2. The summed E-state index contributed by atoms with van der Waals surface area (Å²) in [6.07, 6.45) is -0.291. The topological polar surface area (TPSA) is 54.5 Å². The van der Waals surface area contributed by atoms with Crippen LogP contribution < -0.4 is 10.6 Å². The van der Waals surface area contributed by atoms with Crippen LogP contribution in [0.4, 0.5) is 0 Å². The predicted molar refractivity (Wildman–Crippen MR) is 238 cm³/mol. The predicted octanol–water partition coefficient (Wildman–Crippen LogP) is 13.1. The third kappa shape index (κ3) is 5.15. The number of furan rings is 1. The van der Waals surface area contributed by atoms with Gasteiger partial charge in [-0.3, -0.25) is 5.32 Å². The van der Waals surface area contributed by atoms with Gasteiger partial charge in [0.05, 0.1) is 22.1 Å². The number of para-hydroxylation sites is 2. The second-order valence-electron chi connectivity index (χ2n) is 14.8. The van der Waals surface area contributed by atoms with E-state index in [9.17, 15) is 0 Å². The Bertz CT molecular complexity index is 3320. The Morgan fingerprint density at radius 1 is 0.509 bits per heavy atom. The summed E-state index contributed by atoms with van der Waals surface area (Å²) >= 11 is 1.84. The molecule has 2 unspecified atom stereocenters. The zero-order valence-electron chi connectivity index (χ0n) is 30.7. The fourth-order valence-corrected chi connectivity index (χ4v) is 10.0. The van der Waals surface area contributed by atoms with Crippen LogP contribution in [-0.4, -0.2) is 10.4 Å². The zero-order valence-corrected chi connectivity index (χ0v) is 31.5. The number of aliphatic imine (C=N–C) groups is 1. The Balaban J connectivity index is 1.02. The summed E-state index contributed by atoms with van der Waals surface area (Å²) in [6, 6.07) is 64.9. The van der Waals surface area contributed by atoms with Crippen molar-refractivity contribution in [3.63, 3.8) is 0 Å². The van der Waals surface area contributed by atoms with Gasteiger partial charge in [-0.05, 0) is 82.9 Å². The molecule has 0 fully saturated rings. The normalized spacial score (nSPS) is 15.9. The number of rotatable bonds is 5. The highest BCUT2D eigenvalue weighted by Crippen LogP contribution is 2.44. The van der Waals surface area contributed by atoms with Crippen molar-refractivity contribution in [2.45, 2.75) is 12.3 Å². The van der Waals surface area contributed by atoms with E-state index in [-0.39, 0.29) is 12.3 Å². The van der Waals surface area contributed by atoms with E-state index in [1.54, 1.807) is 0 Å². The molecule has 0 amide bonds. The molecule has 57 heavy (non-hydrogen) atoms. The lowest BCUT2D eigenvalue weighted by Gasteiger charge is -2.32. The van der Waals surface area contributed by atoms with Crippen LogP contribution in [0.5, 0.6) is 0 Å². The number of nitrogens with zero attached hydrogens (tertiary/aromatic N) is 2. The SMILES string of the molecule is c1ccc(C2N=C(c3ccc4sc5cccc(-c6ccc7oc8cccc(-n9c%10ccccc%10c%10ccccc%109)c8c7c6)c5c4c3)NC(c3ccccc3)N2)cc1. The molecule has 2 atom stereocenters. The molecule has 0 saturated heterocycles. The lowest BCUT2D eigenvalue weighted by molar-refractivity contribution is 0.409. The van der Waals surface area contributed by atoms with Crippen LogP contribution in [0, 0.1) is 0 Å². The minimum Gasteiger partial charge on any atom is -0.456 e. The average Bonchev–Trinajstić information content (AvgIpc) is 3.96. The second-order valence-corrected chi connectivity index (χ2v) is 15.9. The van der Waals surface area contributed by atoms with Crippen LogP contribution in [0.15, 0.2) is 191 Å². The monoisotopic (exact) mass is 750 g/mol. The molecule has 2 N–H and O–H groups in total. The van der Waals surface area contributed by atoms with Gasteiger partial charge in [0.2, 0.25) is 0 Å². The van der Waals surface area contributed by atoms with E-state index in [4.69, 9.17) is 9.41 Å². The van der Waals surface area contributed by atoms with E-state index >= 15 is 0 Å². The van der Waals surface area contributed by atoms with Crippen LogP contribution in [0.1, 0.15) is 29.0 Å². The molecule has 0 bridgehead atoms. The first kappa shape index (κ1) is 32.3. The smallest absolute Gasteiger partial charge is 0.137 e. The maximum atomic E-state index is 6.58. The molecule has 0 spiro atoms. The van der Waals surface area contributed by atoms with Crippen LogP contribution in [-0.2, 0) is 0 Å². The minimum atomic E-state index is -0.193. The maximum absolute atomic E-state index is 6.58. The Labute approximate surface area is 332 Å². The van der Waals surface area contributed by atoms with Gasteiger partial charge in [-0.2, -0.15) is 0 Å². The lowest BCUT2D eigenvalue weighted by Crippen LogP contribution is -2.44. The molecule has 270 valence electrons. The Hall–Kier alpha value is -6.99. The summed E-state index contributed by atoms with van der Waals surface area (Å²) < 4.78 is 11.5. The Morgan fingerprint density at radius 2 is 1.19 bits per heavy atom. The molecule has 4 heterocycles. The third-order valence-corrected chi connectivity index (χ3v) is 12.6. The number of fused-ring (bicyclic) bond motifs is 9. The Morgan fingerprint density at radius 3 is 1.98 bits per heavy atom. The summed E-state index contributed by atoms with van der Waals surface area (Å²) in [7, 11) is 0. The summed E-state index contributed by atoms with van der Waals surface area (Å²) in [6.45, 7) is 0. The van der Waals surface area contributed by atoms with E-state index in [2.05, 4.69) is 197 Å². The molecule has 0 saturated carbocycles. The summed E-state index contributed by atoms with van der Waals surface area (Å²) in [5.41, 5.74) is 10.9. The molecular weight excluding hydrogens is 717 g/mol. The standard InChI is InChI=1S/C51H34N4OS/c1-3-13-31(14-4-1)49-52-50(32-15-5-2-6-16-32)54-51(53-49)34-26-28-45-39(30-34)47-35(19-11-24-46(47)57-45)33-25-27-43-38(29-33)48-42(22-12-23-44(48)56-43)55-40-20-9-7-17-36(40)37-18-8-10-21-41(37)55/h1-30,49-50,52H,(H,53,54). The van der Waals surface area contributed by atoms with Crippen molar-refractivity contribution in [2.24, 2.45) is 4.99 Å². The molecule has 6 heteroatoms. The molecule has 1 aliphatic heterocycles. The van der Waals surface area contributed by atoms with Crippen molar-refractivity contribution in [2.75, 3.05) is 0 Å². The molecule has 8 aromatic carbocycles. The average molecular weight is 751 g/mol. The summed E-state index contributed by atoms with van der Waals surface area (Å²) in [5, 5.41) is 14.6. The molecule has 1 aliphatic rings. The van der Waals surface area contributed by atoms with Crippen LogP contribution >= 0.6 is 11.3 Å². The van der Waals surface area contributed by atoms with Gasteiger partial charge in [-0.25, -0.2) is 4.99 Å². The van der Waals surface area contributed by atoms with E-state index in [0.717, 1.165) is 50.2 Å². The number of amidine groups is 1. The van der Waals surface area contributed by atoms with E-state index in [1.807, 2.05) is 11.3 Å². The number of nitrogens with one attached hydrogen (secondary N) is 2. The molecule has 5 nitrogen and oxygen atoms in total. The van der Waals surface area contributed by atoms with Gasteiger partial charge < -0.3 is 14.3 Å². The highest BCUT2D eigenvalue weighted by molar-refractivity contribution is 7.26. The molecular formula is C51H34N4OS. The van der Waals surface area contributed by atoms with Gasteiger partial charge in [-0.1, -0.05) is 121 Å². The van der Waals surface area contributed by atoms with Gasteiger partial charge in [0.25, 0.3) is 0 Å². The zero-order chi connectivity index (χ0) is 37.5. The first-order chi connectivity index (χ1) is 28.2. The fourth-order valence-electron chi connectivity index (χ4n) is 8.89. The molecule has 12 rings (SSSR count). The lowest BCUT2D eigenvalue weighted by atomic mass is 9.97. The summed E-state index contributed by atoms with van der Waals surface area (Å²) in [4.78, 5) is 5.26. The van der Waals surface area contributed by atoms with Gasteiger partial charge in [-0.15, -0.1) is 11.3 Å². The van der Waals surface area contributed by atoms with Gasteiger partial charge in [0.15, 0.2) is 0 Å². The van der Waals surface area contributed by atoms with Crippen LogP contribution in [0.2, 0.25) is 0 Å². The number of thiophene rings is 1. The van der Waals surface area contributed by atoms with Crippen molar-refractivity contribution in [3.8, 4) is 16.8 Å². The maximum Gasteiger partial charge on any atom is 0.137 e. The number of hydrogen-bond acceptors (Lipinski definition) is 5.